The van der Waals surface area contributed by atoms with Crippen LogP contribution in [-0.2, 0) is 6.42 Å². The van der Waals surface area contributed by atoms with E-state index in [-0.39, 0.29) is 11.2 Å². The SMILES string of the molecule is CC1(C)CC(=O)c2cc(C#Cc3ncccc3N)cnc2C1. The van der Waals surface area contributed by atoms with Gasteiger partial charge in [-0.1, -0.05) is 19.8 Å². The van der Waals surface area contributed by atoms with Crippen LogP contribution in [0.4, 0.5) is 5.69 Å². The molecule has 110 valence electrons. The summed E-state index contributed by atoms with van der Waals surface area (Å²) >= 11 is 0. The first-order valence-electron chi connectivity index (χ1n) is 7.19. The Kier molecular flexibility index (Phi) is 3.42. The van der Waals surface area contributed by atoms with Crippen molar-refractivity contribution in [2.24, 2.45) is 5.41 Å². The minimum atomic E-state index is -0.0211. The van der Waals surface area contributed by atoms with E-state index in [0.29, 0.717) is 28.9 Å². The van der Waals surface area contributed by atoms with Crippen molar-refractivity contribution in [1.82, 2.24) is 9.97 Å². The van der Waals surface area contributed by atoms with Crippen molar-refractivity contribution in [3.8, 4) is 11.8 Å². The molecule has 0 saturated carbocycles. The normalized spacial score (nSPS) is 15.6. The molecule has 2 aromatic heterocycles. The van der Waals surface area contributed by atoms with Crippen molar-refractivity contribution < 1.29 is 4.79 Å². The van der Waals surface area contributed by atoms with Gasteiger partial charge in [0.05, 0.1) is 11.4 Å². The second kappa shape index (κ2) is 5.27. The summed E-state index contributed by atoms with van der Waals surface area (Å²) in [5, 5.41) is 0. The first kappa shape index (κ1) is 14.3. The molecule has 1 aliphatic rings. The molecule has 0 spiro atoms. The smallest absolute Gasteiger partial charge is 0.165 e. The summed E-state index contributed by atoms with van der Waals surface area (Å²) in [5.41, 5.74) is 9.13. The van der Waals surface area contributed by atoms with Crippen molar-refractivity contribution >= 4 is 11.5 Å². The summed E-state index contributed by atoms with van der Waals surface area (Å²) in [6.07, 6.45) is 4.72. The number of nitrogen functional groups attached to an aromatic ring is 1. The highest BCUT2D eigenvalue weighted by Crippen LogP contribution is 2.33. The average Bonchev–Trinajstić information content (AvgIpc) is 2.46. The van der Waals surface area contributed by atoms with Crippen molar-refractivity contribution in [3.63, 3.8) is 0 Å². The number of ketones is 1. The number of pyridine rings is 2. The largest absolute Gasteiger partial charge is 0.396 e. The fraction of sp³-hybridized carbons (Fsp3) is 0.278. The molecule has 0 fully saturated rings. The van der Waals surface area contributed by atoms with Crippen LogP contribution in [0.3, 0.4) is 0 Å². The second-order valence-electron chi connectivity index (χ2n) is 6.35. The molecule has 22 heavy (non-hydrogen) atoms. The molecule has 0 aliphatic heterocycles. The lowest BCUT2D eigenvalue weighted by Gasteiger charge is -2.29. The van der Waals surface area contributed by atoms with Crippen molar-refractivity contribution in [2.75, 3.05) is 5.73 Å². The minimum absolute atomic E-state index is 0.0211. The summed E-state index contributed by atoms with van der Waals surface area (Å²) in [6.45, 7) is 4.18. The van der Waals surface area contributed by atoms with E-state index < -0.39 is 0 Å². The molecular weight excluding hydrogens is 274 g/mol. The molecule has 0 radical (unpaired) electrons. The number of Topliss-reactive ketones (excluding diaryl/α,β-unsaturated/α-hetero) is 1. The summed E-state index contributed by atoms with van der Waals surface area (Å²) in [5.74, 6) is 6.05. The maximum Gasteiger partial charge on any atom is 0.165 e. The quantitative estimate of drug-likeness (QED) is 0.758. The minimum Gasteiger partial charge on any atom is -0.396 e. The van der Waals surface area contributed by atoms with Crippen molar-refractivity contribution in [2.45, 2.75) is 26.7 Å². The number of hydrogen-bond donors (Lipinski definition) is 1. The van der Waals surface area contributed by atoms with Crippen LogP contribution >= 0.6 is 0 Å². The molecule has 4 heteroatoms. The number of carbonyl (C=O) groups excluding carboxylic acids is 1. The van der Waals surface area contributed by atoms with Gasteiger partial charge in [0.1, 0.15) is 5.69 Å². The van der Waals surface area contributed by atoms with Crippen LogP contribution in [0.15, 0.2) is 30.6 Å². The molecule has 0 amide bonds. The Morgan fingerprint density at radius 3 is 2.82 bits per heavy atom. The van der Waals surface area contributed by atoms with Crippen LogP contribution in [0, 0.1) is 17.3 Å². The van der Waals surface area contributed by atoms with Gasteiger partial charge in [-0.15, -0.1) is 0 Å². The Hall–Kier alpha value is -2.67. The van der Waals surface area contributed by atoms with Crippen LogP contribution in [0.5, 0.6) is 0 Å². The topological polar surface area (TPSA) is 68.9 Å². The number of carbonyl (C=O) groups is 1. The van der Waals surface area contributed by atoms with Crippen molar-refractivity contribution in [3.05, 3.63) is 53.1 Å². The fourth-order valence-corrected chi connectivity index (χ4v) is 2.64. The van der Waals surface area contributed by atoms with Gasteiger partial charge in [-0.2, -0.15) is 0 Å². The number of hydrogen-bond acceptors (Lipinski definition) is 4. The standard InChI is InChI=1S/C18H17N3O/c1-18(2)9-16-13(17(22)10-18)8-12(11-21-16)5-6-15-14(19)4-3-7-20-15/h3-4,7-8,11H,9-10,19H2,1-2H3. The number of nitrogens with two attached hydrogens (primary N) is 1. The number of fused-ring (bicyclic) bond motifs is 1. The maximum absolute atomic E-state index is 12.3. The molecule has 2 heterocycles. The van der Waals surface area contributed by atoms with Gasteiger partial charge >= 0.3 is 0 Å². The van der Waals surface area contributed by atoms with Crippen LogP contribution in [0.1, 0.15) is 47.6 Å². The highest BCUT2D eigenvalue weighted by atomic mass is 16.1. The Balaban J connectivity index is 1.95. The molecule has 0 bridgehead atoms. The lowest BCUT2D eigenvalue weighted by molar-refractivity contribution is 0.0910. The van der Waals surface area contributed by atoms with E-state index in [1.807, 2.05) is 6.07 Å². The fourth-order valence-electron chi connectivity index (χ4n) is 2.64. The van der Waals surface area contributed by atoms with E-state index in [0.717, 1.165) is 12.1 Å². The molecule has 0 saturated heterocycles. The Morgan fingerprint density at radius 1 is 1.23 bits per heavy atom. The molecule has 1 aliphatic carbocycles. The Bertz CT molecular complexity index is 813. The molecule has 4 nitrogen and oxygen atoms in total. The summed E-state index contributed by atoms with van der Waals surface area (Å²) in [7, 11) is 0. The highest BCUT2D eigenvalue weighted by Gasteiger charge is 2.31. The van der Waals surface area contributed by atoms with Gasteiger partial charge in [0.15, 0.2) is 5.78 Å². The second-order valence-corrected chi connectivity index (χ2v) is 6.35. The van der Waals surface area contributed by atoms with E-state index >= 15 is 0 Å². The van der Waals surface area contributed by atoms with E-state index in [2.05, 4.69) is 35.7 Å². The van der Waals surface area contributed by atoms with Gasteiger partial charge in [0.2, 0.25) is 0 Å². The van der Waals surface area contributed by atoms with Crippen molar-refractivity contribution in [1.29, 1.82) is 0 Å². The van der Waals surface area contributed by atoms with E-state index in [1.165, 1.54) is 0 Å². The lowest BCUT2D eigenvalue weighted by Crippen LogP contribution is -2.27. The molecule has 2 N–H and O–H groups in total. The number of aromatic nitrogens is 2. The first-order valence-corrected chi connectivity index (χ1v) is 7.19. The predicted octanol–water partition coefficient (Wildman–Crippen LogP) is 2.61. The van der Waals surface area contributed by atoms with E-state index in [4.69, 9.17) is 5.73 Å². The number of anilines is 1. The Morgan fingerprint density at radius 2 is 2.05 bits per heavy atom. The van der Waals surface area contributed by atoms with Gasteiger partial charge in [-0.25, -0.2) is 4.98 Å². The highest BCUT2D eigenvalue weighted by molar-refractivity contribution is 5.98. The maximum atomic E-state index is 12.3. The zero-order chi connectivity index (χ0) is 15.7. The monoisotopic (exact) mass is 291 g/mol. The summed E-state index contributed by atoms with van der Waals surface area (Å²) < 4.78 is 0. The molecule has 0 aromatic carbocycles. The van der Waals surface area contributed by atoms with E-state index in [9.17, 15) is 4.79 Å². The van der Waals surface area contributed by atoms with Gasteiger partial charge in [0, 0.05) is 29.9 Å². The summed E-state index contributed by atoms with van der Waals surface area (Å²) in [4.78, 5) is 20.8. The van der Waals surface area contributed by atoms with E-state index in [1.54, 1.807) is 24.5 Å². The molecule has 0 atom stereocenters. The van der Waals surface area contributed by atoms with Gasteiger partial charge < -0.3 is 5.73 Å². The zero-order valence-corrected chi connectivity index (χ0v) is 12.7. The van der Waals surface area contributed by atoms with Crippen LogP contribution < -0.4 is 5.73 Å². The average molecular weight is 291 g/mol. The van der Waals surface area contributed by atoms with Gasteiger partial charge in [-0.05, 0) is 36.0 Å². The first-order chi connectivity index (χ1) is 10.4. The number of rotatable bonds is 0. The van der Waals surface area contributed by atoms with Crippen LogP contribution in [0.2, 0.25) is 0 Å². The zero-order valence-electron chi connectivity index (χ0n) is 12.7. The molecule has 3 rings (SSSR count). The predicted molar refractivity (Wildman–Crippen MR) is 85.3 cm³/mol. The van der Waals surface area contributed by atoms with Gasteiger partial charge in [-0.3, -0.25) is 9.78 Å². The molecular formula is C18H17N3O. The number of nitrogens with zero attached hydrogens (tertiary/aromatic N) is 2. The Labute approximate surface area is 129 Å². The summed E-state index contributed by atoms with van der Waals surface area (Å²) in [6, 6.07) is 5.35. The third kappa shape index (κ3) is 2.84. The molecule has 2 aromatic rings. The van der Waals surface area contributed by atoms with Crippen LogP contribution in [-0.4, -0.2) is 15.8 Å². The lowest BCUT2D eigenvalue weighted by atomic mass is 9.75. The third-order valence-corrected chi connectivity index (χ3v) is 3.72. The third-order valence-electron chi connectivity index (χ3n) is 3.72. The van der Waals surface area contributed by atoms with Crippen LogP contribution in [0.25, 0.3) is 0 Å². The van der Waals surface area contributed by atoms with Gasteiger partial charge in [0.25, 0.3) is 0 Å². The molecule has 0 unspecified atom stereocenters.